The van der Waals surface area contributed by atoms with Crippen LogP contribution in [0.4, 0.5) is 0 Å². The van der Waals surface area contributed by atoms with Crippen molar-refractivity contribution in [2.45, 2.75) is 45.3 Å². The van der Waals surface area contributed by atoms with E-state index in [1.807, 2.05) is 45.2 Å². The number of pyridine rings is 1. The Labute approximate surface area is 228 Å². The predicted octanol–water partition coefficient (Wildman–Crippen LogP) is 5.54. The smallest absolute Gasteiger partial charge is 0.0960 e. The van der Waals surface area contributed by atoms with Crippen LogP contribution < -0.4 is 11.6 Å². The van der Waals surface area contributed by atoms with Crippen LogP contribution in [0, 0.1) is 5.92 Å². The topological polar surface area (TPSA) is 103 Å². The summed E-state index contributed by atoms with van der Waals surface area (Å²) in [6, 6.07) is 16.3. The van der Waals surface area contributed by atoms with Crippen LogP contribution in [0.15, 0.2) is 60.4 Å². The molecule has 1 aliphatic rings. The minimum absolute atomic E-state index is 0.0197. The van der Waals surface area contributed by atoms with Crippen LogP contribution in [0.3, 0.4) is 0 Å². The first-order valence-electron chi connectivity index (χ1n) is 13.0. The zero-order valence-corrected chi connectivity index (χ0v) is 23.2. The fourth-order valence-electron chi connectivity index (χ4n) is 5.78. The Hall–Kier alpha value is -3.10. The van der Waals surface area contributed by atoms with Gasteiger partial charge in [-0.1, -0.05) is 35.9 Å². The number of nitrogens with zero attached hydrogens (tertiary/aromatic N) is 3. The van der Waals surface area contributed by atoms with Crippen LogP contribution in [0.2, 0.25) is 5.02 Å². The summed E-state index contributed by atoms with van der Waals surface area (Å²) in [6.45, 7) is 6.89. The van der Waals surface area contributed by atoms with Gasteiger partial charge >= 0.3 is 0 Å². The second kappa shape index (κ2) is 10.2. The van der Waals surface area contributed by atoms with Gasteiger partial charge in [0.2, 0.25) is 0 Å². The number of aromatic nitrogens is 2. The Morgan fingerprint density at radius 2 is 1.89 bits per heavy atom. The molecular weight excluding hydrogens is 498 g/mol. The fraction of sp³-hybridized carbons (Fsp3) is 0.367. The van der Waals surface area contributed by atoms with Crippen molar-refractivity contribution in [1.82, 2.24) is 14.6 Å². The van der Waals surface area contributed by atoms with Crippen LogP contribution in [0.25, 0.3) is 27.6 Å². The number of allylic oxidation sites excluding steroid dienone is 1. The lowest BCUT2D eigenvalue weighted by Crippen LogP contribution is -2.27. The van der Waals surface area contributed by atoms with Crippen LogP contribution in [0.1, 0.15) is 56.3 Å². The molecule has 2 aromatic heterocycles. The van der Waals surface area contributed by atoms with E-state index in [2.05, 4.69) is 34.9 Å². The molecule has 0 radical (unpaired) electrons. The van der Waals surface area contributed by atoms with Crippen molar-refractivity contribution in [3.63, 3.8) is 0 Å². The molecule has 0 amide bonds. The van der Waals surface area contributed by atoms with Gasteiger partial charge in [-0.25, -0.2) is 5.84 Å². The van der Waals surface area contributed by atoms with E-state index in [1.54, 1.807) is 7.05 Å². The fourth-order valence-corrected chi connectivity index (χ4v) is 5.98. The number of ether oxygens (including phenoxy) is 1. The third-order valence-electron chi connectivity index (χ3n) is 7.53. The molecule has 8 heteroatoms. The summed E-state index contributed by atoms with van der Waals surface area (Å²) in [7, 11) is 1.78. The molecule has 5 rings (SSSR count). The van der Waals surface area contributed by atoms with Gasteiger partial charge in [0.05, 0.1) is 33.9 Å². The molecule has 200 valence electrons. The highest BCUT2D eigenvalue weighted by Crippen LogP contribution is 2.42. The molecule has 0 aliphatic carbocycles. The monoisotopic (exact) mass is 533 g/mol. The van der Waals surface area contributed by atoms with Crippen molar-refractivity contribution in [2.24, 2.45) is 17.5 Å². The molecule has 1 fully saturated rings. The van der Waals surface area contributed by atoms with Gasteiger partial charge in [-0.15, -0.1) is 0 Å². The van der Waals surface area contributed by atoms with Gasteiger partial charge in [0, 0.05) is 48.1 Å². The molecular formula is C30H36ClN5O2. The summed E-state index contributed by atoms with van der Waals surface area (Å²) in [4.78, 5) is 4.94. The number of halogens is 1. The van der Waals surface area contributed by atoms with Crippen LogP contribution in [-0.2, 0) is 10.3 Å². The number of benzene rings is 2. The maximum absolute atomic E-state index is 10.9. The average Bonchev–Trinajstić information content (AvgIpc) is 3.17. The van der Waals surface area contributed by atoms with E-state index in [-0.39, 0.29) is 6.04 Å². The molecule has 5 N–H and O–H groups in total. The van der Waals surface area contributed by atoms with Gasteiger partial charge in [-0.3, -0.25) is 4.98 Å². The molecule has 3 heterocycles. The van der Waals surface area contributed by atoms with Crippen LogP contribution in [0.5, 0.6) is 0 Å². The quantitative estimate of drug-likeness (QED) is 0.222. The maximum Gasteiger partial charge on any atom is 0.0960 e. The highest BCUT2D eigenvalue weighted by atomic mass is 35.5. The second-order valence-corrected chi connectivity index (χ2v) is 11.3. The Kier molecular flexibility index (Phi) is 7.13. The molecule has 0 saturated carbocycles. The second-order valence-electron chi connectivity index (χ2n) is 10.8. The molecule has 0 spiro atoms. The van der Waals surface area contributed by atoms with Crippen LogP contribution >= 0.6 is 11.6 Å². The lowest BCUT2D eigenvalue weighted by Gasteiger charge is -2.33. The van der Waals surface area contributed by atoms with E-state index in [4.69, 9.17) is 32.9 Å². The highest BCUT2D eigenvalue weighted by Gasteiger charge is 2.31. The first kappa shape index (κ1) is 26.5. The van der Waals surface area contributed by atoms with E-state index in [0.29, 0.717) is 29.9 Å². The summed E-state index contributed by atoms with van der Waals surface area (Å²) in [6.07, 6.45) is 3.68. The predicted molar refractivity (Wildman–Crippen MR) is 154 cm³/mol. The van der Waals surface area contributed by atoms with Crippen molar-refractivity contribution in [2.75, 3.05) is 20.3 Å². The first-order valence-corrected chi connectivity index (χ1v) is 13.4. The van der Waals surface area contributed by atoms with Crippen molar-refractivity contribution >= 4 is 39.2 Å². The number of rotatable bonds is 6. The number of hydrogen-bond acceptors (Lipinski definition) is 6. The number of fused-ring (bicyclic) bond motifs is 3. The number of nitrogens with two attached hydrogens (primary N) is 2. The van der Waals surface area contributed by atoms with Crippen LogP contribution in [-0.4, -0.2) is 39.9 Å². The van der Waals surface area contributed by atoms with Crippen molar-refractivity contribution in [3.05, 3.63) is 82.1 Å². The summed E-state index contributed by atoms with van der Waals surface area (Å²) >= 11 is 6.53. The molecule has 0 bridgehead atoms. The van der Waals surface area contributed by atoms with Crippen molar-refractivity contribution < 1.29 is 9.84 Å². The molecule has 7 nitrogen and oxygen atoms in total. The standard InChI is InChI=1S/C30H36ClN5O2/c1-18(32)28(35(4)33)21-15-26-27(34-17-21)24-9-8-22(30(2,3)37)16-25(24)36(26)29(19-10-12-38-13-11-19)20-6-5-7-23(31)14-20/h5-9,14-17,19,29,37H,10-13,32-33H2,1-4H3/b28-18-. The van der Waals surface area contributed by atoms with E-state index in [0.717, 1.165) is 57.2 Å². The maximum atomic E-state index is 10.9. The third-order valence-corrected chi connectivity index (χ3v) is 7.76. The minimum atomic E-state index is -0.993. The summed E-state index contributed by atoms with van der Waals surface area (Å²) in [5.74, 6) is 6.50. The Morgan fingerprint density at radius 3 is 2.53 bits per heavy atom. The van der Waals surface area contributed by atoms with Gasteiger partial charge in [0.25, 0.3) is 0 Å². The van der Waals surface area contributed by atoms with E-state index in [9.17, 15) is 5.11 Å². The van der Waals surface area contributed by atoms with Gasteiger partial charge in [0.15, 0.2) is 0 Å². The van der Waals surface area contributed by atoms with Crippen molar-refractivity contribution in [1.29, 1.82) is 0 Å². The number of aliphatic hydroxyl groups is 1. The lowest BCUT2D eigenvalue weighted by atomic mass is 9.86. The number of hydrazine groups is 1. The van der Waals surface area contributed by atoms with Gasteiger partial charge in [0.1, 0.15) is 0 Å². The molecule has 1 aliphatic heterocycles. The van der Waals surface area contributed by atoms with Gasteiger partial charge in [-0.2, -0.15) is 0 Å². The zero-order chi connectivity index (χ0) is 27.2. The van der Waals surface area contributed by atoms with Gasteiger partial charge in [-0.05, 0) is 74.9 Å². The summed E-state index contributed by atoms with van der Waals surface area (Å²) in [5, 5.41) is 14.2. The molecule has 1 saturated heterocycles. The normalized spacial score (nSPS) is 16.6. The first-order chi connectivity index (χ1) is 18.1. The Balaban J connectivity index is 1.88. The lowest BCUT2D eigenvalue weighted by molar-refractivity contribution is 0.0552. The zero-order valence-electron chi connectivity index (χ0n) is 22.4. The van der Waals surface area contributed by atoms with E-state index < -0.39 is 5.60 Å². The molecule has 4 aromatic rings. The van der Waals surface area contributed by atoms with E-state index >= 15 is 0 Å². The third kappa shape index (κ3) is 4.87. The largest absolute Gasteiger partial charge is 0.401 e. The highest BCUT2D eigenvalue weighted by molar-refractivity contribution is 6.30. The Morgan fingerprint density at radius 1 is 1.16 bits per heavy atom. The Bertz CT molecular complexity index is 1510. The molecule has 1 atom stereocenters. The van der Waals surface area contributed by atoms with Crippen molar-refractivity contribution in [3.8, 4) is 0 Å². The summed E-state index contributed by atoms with van der Waals surface area (Å²) < 4.78 is 8.12. The van der Waals surface area contributed by atoms with E-state index in [1.165, 1.54) is 5.01 Å². The number of hydrogen-bond donors (Lipinski definition) is 3. The SMILES string of the molecule is C/C(N)=C(\c1cnc2c3ccc(C(C)(C)O)cc3n(C(c3cccc(Cl)c3)C3CCOCC3)c2c1)N(C)N. The van der Waals surface area contributed by atoms with Gasteiger partial charge < -0.3 is 25.2 Å². The molecule has 38 heavy (non-hydrogen) atoms. The molecule has 2 aromatic carbocycles. The minimum Gasteiger partial charge on any atom is -0.401 e. The molecule has 1 unspecified atom stereocenters. The average molecular weight is 534 g/mol. The summed E-state index contributed by atoms with van der Waals surface area (Å²) in [5.41, 5.74) is 12.3.